The molecule has 0 amide bonds. The molecule has 0 aliphatic carbocycles. The van der Waals surface area contributed by atoms with Crippen molar-refractivity contribution in [3.05, 3.63) is 36.0 Å². The minimum Gasteiger partial charge on any atom is -0.478 e. The Kier molecular flexibility index (Phi) is 4.56. The van der Waals surface area contributed by atoms with Crippen molar-refractivity contribution in [1.82, 2.24) is 4.98 Å². The number of benzene rings is 1. The van der Waals surface area contributed by atoms with Gasteiger partial charge < -0.3 is 10.4 Å². The lowest BCUT2D eigenvalue weighted by molar-refractivity contribution is 0.0698. The zero-order valence-electron chi connectivity index (χ0n) is 11.9. The molecule has 2 N–H and O–H groups in total. The first kappa shape index (κ1) is 14.3. The van der Waals surface area contributed by atoms with Crippen molar-refractivity contribution in [2.24, 2.45) is 0 Å². The number of fused-ring (bicyclic) bond motifs is 1. The van der Waals surface area contributed by atoms with Crippen molar-refractivity contribution in [1.29, 1.82) is 0 Å². The molecular formula is C16H20N2O2. The smallest absolute Gasteiger partial charge is 0.337 e. The average Bonchev–Trinajstić information content (AvgIpc) is 2.46. The quantitative estimate of drug-likeness (QED) is 0.836. The summed E-state index contributed by atoms with van der Waals surface area (Å²) in [7, 11) is 0. The molecule has 1 unspecified atom stereocenters. The molecule has 0 bridgehead atoms. The van der Waals surface area contributed by atoms with E-state index in [2.05, 4.69) is 24.1 Å². The number of nitrogens with one attached hydrogen (secondary N) is 1. The topological polar surface area (TPSA) is 62.2 Å². The number of rotatable bonds is 6. The van der Waals surface area contributed by atoms with Gasteiger partial charge in [-0.05, 0) is 12.8 Å². The molecule has 1 aromatic carbocycles. The van der Waals surface area contributed by atoms with Gasteiger partial charge >= 0.3 is 5.97 Å². The van der Waals surface area contributed by atoms with Crippen molar-refractivity contribution in [3.63, 3.8) is 0 Å². The molecule has 106 valence electrons. The van der Waals surface area contributed by atoms with Gasteiger partial charge in [0.05, 0.1) is 5.56 Å². The highest BCUT2D eigenvalue weighted by molar-refractivity contribution is 6.06. The largest absolute Gasteiger partial charge is 0.478 e. The highest BCUT2D eigenvalue weighted by Crippen LogP contribution is 2.25. The number of pyridine rings is 1. The maximum atomic E-state index is 11.2. The van der Waals surface area contributed by atoms with Gasteiger partial charge in [0.25, 0.3) is 0 Å². The van der Waals surface area contributed by atoms with Crippen LogP contribution in [0, 0.1) is 0 Å². The van der Waals surface area contributed by atoms with Gasteiger partial charge in [0.2, 0.25) is 0 Å². The van der Waals surface area contributed by atoms with E-state index in [1.165, 1.54) is 6.20 Å². The maximum absolute atomic E-state index is 11.2. The standard InChI is InChI=1S/C16H20N2O2/c1-3-7-11(4-2)18-15-13-9-6-5-8-12(13)14(10-17-15)16(19)20/h5-6,8-11H,3-4,7H2,1-2H3,(H,17,18)(H,19,20). The van der Waals surface area contributed by atoms with Crippen LogP contribution in [0.3, 0.4) is 0 Å². The third-order valence-electron chi connectivity index (χ3n) is 3.50. The SMILES string of the molecule is CCCC(CC)Nc1ncc(C(=O)O)c2ccccc12. The first-order valence-corrected chi connectivity index (χ1v) is 7.04. The van der Waals surface area contributed by atoms with E-state index in [1.807, 2.05) is 24.3 Å². The highest BCUT2D eigenvalue weighted by atomic mass is 16.4. The van der Waals surface area contributed by atoms with E-state index in [0.717, 1.165) is 35.9 Å². The van der Waals surface area contributed by atoms with Crippen LogP contribution in [0.5, 0.6) is 0 Å². The van der Waals surface area contributed by atoms with Gasteiger partial charge in [-0.15, -0.1) is 0 Å². The van der Waals surface area contributed by atoms with E-state index in [0.29, 0.717) is 6.04 Å². The summed E-state index contributed by atoms with van der Waals surface area (Å²) in [5.41, 5.74) is 0.245. The molecular weight excluding hydrogens is 252 g/mol. The lowest BCUT2D eigenvalue weighted by atomic mass is 10.1. The van der Waals surface area contributed by atoms with Crippen LogP contribution in [0.15, 0.2) is 30.5 Å². The molecule has 1 atom stereocenters. The number of carboxylic acid groups (broad SMARTS) is 1. The number of aromatic carboxylic acids is 1. The second-order valence-corrected chi connectivity index (χ2v) is 4.91. The molecule has 4 nitrogen and oxygen atoms in total. The van der Waals surface area contributed by atoms with Gasteiger partial charge in [0.15, 0.2) is 0 Å². The van der Waals surface area contributed by atoms with Crippen molar-refractivity contribution in [3.8, 4) is 0 Å². The van der Waals surface area contributed by atoms with E-state index in [4.69, 9.17) is 0 Å². The Morgan fingerprint density at radius 3 is 2.60 bits per heavy atom. The predicted octanol–water partition coefficient (Wildman–Crippen LogP) is 3.92. The maximum Gasteiger partial charge on any atom is 0.337 e. The van der Waals surface area contributed by atoms with E-state index >= 15 is 0 Å². The van der Waals surface area contributed by atoms with Crippen LogP contribution in [0.4, 0.5) is 5.82 Å². The molecule has 0 aliphatic rings. The fourth-order valence-electron chi connectivity index (χ4n) is 2.40. The molecule has 1 aromatic heterocycles. The first-order chi connectivity index (χ1) is 9.67. The summed E-state index contributed by atoms with van der Waals surface area (Å²) >= 11 is 0. The van der Waals surface area contributed by atoms with Crippen LogP contribution >= 0.6 is 0 Å². The minimum atomic E-state index is -0.944. The summed E-state index contributed by atoms with van der Waals surface area (Å²) in [6, 6.07) is 7.86. The fourth-order valence-corrected chi connectivity index (χ4v) is 2.40. The second kappa shape index (κ2) is 6.37. The summed E-state index contributed by atoms with van der Waals surface area (Å²) < 4.78 is 0. The summed E-state index contributed by atoms with van der Waals surface area (Å²) in [4.78, 5) is 15.6. The normalized spacial score (nSPS) is 12.3. The van der Waals surface area contributed by atoms with Gasteiger partial charge in [-0.1, -0.05) is 44.5 Å². The first-order valence-electron chi connectivity index (χ1n) is 7.04. The number of hydrogen-bond donors (Lipinski definition) is 2. The number of aromatic nitrogens is 1. The lowest BCUT2D eigenvalue weighted by Gasteiger charge is -2.18. The number of carboxylic acids is 1. The molecule has 2 aromatic rings. The minimum absolute atomic E-state index is 0.245. The van der Waals surface area contributed by atoms with Crippen LogP contribution in [0.2, 0.25) is 0 Å². The number of carbonyl (C=O) groups is 1. The summed E-state index contributed by atoms with van der Waals surface area (Å²) in [6.07, 6.45) is 4.64. The zero-order valence-corrected chi connectivity index (χ0v) is 11.9. The Morgan fingerprint density at radius 2 is 2.00 bits per heavy atom. The third kappa shape index (κ3) is 2.90. The molecule has 1 heterocycles. The van der Waals surface area contributed by atoms with Gasteiger partial charge in [-0.2, -0.15) is 0 Å². The Bertz CT molecular complexity index is 610. The predicted molar refractivity (Wildman–Crippen MR) is 81.3 cm³/mol. The van der Waals surface area contributed by atoms with E-state index < -0.39 is 5.97 Å². The number of anilines is 1. The molecule has 20 heavy (non-hydrogen) atoms. The molecule has 0 aliphatic heterocycles. The Labute approximate surface area is 118 Å². The Balaban J connectivity index is 2.45. The van der Waals surface area contributed by atoms with Crippen LogP contribution in [-0.4, -0.2) is 22.1 Å². The van der Waals surface area contributed by atoms with Gasteiger partial charge in [-0.3, -0.25) is 0 Å². The van der Waals surface area contributed by atoms with Gasteiger partial charge in [0.1, 0.15) is 5.82 Å². The third-order valence-corrected chi connectivity index (χ3v) is 3.50. The molecule has 0 spiro atoms. The average molecular weight is 272 g/mol. The van der Waals surface area contributed by atoms with Crippen molar-refractivity contribution in [2.75, 3.05) is 5.32 Å². The van der Waals surface area contributed by atoms with Crippen molar-refractivity contribution >= 4 is 22.6 Å². The molecule has 0 saturated heterocycles. The molecule has 0 saturated carbocycles. The Hall–Kier alpha value is -2.10. The molecule has 0 radical (unpaired) electrons. The van der Waals surface area contributed by atoms with Gasteiger partial charge in [-0.25, -0.2) is 9.78 Å². The molecule has 0 fully saturated rings. The summed E-state index contributed by atoms with van der Waals surface area (Å²) in [6.45, 7) is 4.30. The molecule has 4 heteroatoms. The monoisotopic (exact) mass is 272 g/mol. The van der Waals surface area contributed by atoms with Crippen LogP contribution in [0.25, 0.3) is 10.8 Å². The van der Waals surface area contributed by atoms with Crippen molar-refractivity contribution in [2.45, 2.75) is 39.2 Å². The van der Waals surface area contributed by atoms with E-state index in [9.17, 15) is 9.90 Å². The lowest BCUT2D eigenvalue weighted by Crippen LogP contribution is -2.19. The highest BCUT2D eigenvalue weighted by Gasteiger charge is 2.14. The number of nitrogens with zero attached hydrogens (tertiary/aromatic N) is 1. The Morgan fingerprint density at radius 1 is 1.30 bits per heavy atom. The number of hydrogen-bond acceptors (Lipinski definition) is 3. The van der Waals surface area contributed by atoms with E-state index in [-0.39, 0.29) is 5.56 Å². The van der Waals surface area contributed by atoms with E-state index in [1.54, 1.807) is 0 Å². The van der Waals surface area contributed by atoms with Crippen molar-refractivity contribution < 1.29 is 9.90 Å². The van der Waals surface area contributed by atoms with Crippen LogP contribution in [-0.2, 0) is 0 Å². The summed E-state index contributed by atoms with van der Waals surface area (Å²) in [5, 5.41) is 14.2. The van der Waals surface area contributed by atoms with Crippen LogP contribution < -0.4 is 5.32 Å². The summed E-state index contributed by atoms with van der Waals surface area (Å²) in [5.74, 6) is -0.174. The molecule has 2 rings (SSSR count). The van der Waals surface area contributed by atoms with Crippen LogP contribution in [0.1, 0.15) is 43.5 Å². The zero-order chi connectivity index (χ0) is 14.5. The fraction of sp³-hybridized carbons (Fsp3) is 0.375. The van der Waals surface area contributed by atoms with Gasteiger partial charge in [0, 0.05) is 23.0 Å². The second-order valence-electron chi connectivity index (χ2n) is 4.91.